The van der Waals surface area contributed by atoms with Gasteiger partial charge in [0.15, 0.2) is 0 Å². The van der Waals surface area contributed by atoms with Gasteiger partial charge in [-0.05, 0) is 26.7 Å². The normalized spacial score (nSPS) is 8.00. The molecule has 0 saturated heterocycles. The average molecular weight is 268 g/mol. The molecule has 0 aromatic heterocycles. The molecule has 0 saturated carbocycles. The quantitative estimate of drug-likeness (QED) is 0.514. The fourth-order valence-electron chi connectivity index (χ4n) is 0.508. The summed E-state index contributed by atoms with van der Waals surface area (Å²) in [6.45, 7) is 4.50. The van der Waals surface area contributed by atoms with Crippen molar-refractivity contribution in [3.8, 4) is 0 Å². The summed E-state index contributed by atoms with van der Waals surface area (Å²) in [5, 5.41) is 16.2. The molecule has 110 valence electrons. The predicted molar refractivity (Wildman–Crippen MR) is 65.8 cm³/mol. The van der Waals surface area contributed by atoms with E-state index in [0.29, 0.717) is 13.2 Å². The fourth-order valence-corrected chi connectivity index (χ4v) is 0.508. The largest absolute Gasteiger partial charge is 0.450 e. The Balaban J connectivity index is -0.000000187. The van der Waals surface area contributed by atoms with Crippen molar-refractivity contribution >= 4 is 12.2 Å². The number of hydrogen-bond donors (Lipinski definition) is 4. The number of carbonyl (C=O) groups excluding carboxylic acids is 2. The zero-order valence-corrected chi connectivity index (χ0v) is 10.9. The van der Waals surface area contributed by atoms with E-state index in [4.69, 9.17) is 10.2 Å². The van der Waals surface area contributed by atoms with Gasteiger partial charge < -0.3 is 31.2 Å². The van der Waals surface area contributed by atoms with Gasteiger partial charge in [0.2, 0.25) is 0 Å². The number of hydrogen-bond acceptors (Lipinski definition) is 6. The number of amides is 2. The van der Waals surface area contributed by atoms with E-state index < -0.39 is 12.2 Å². The van der Waals surface area contributed by atoms with Crippen molar-refractivity contribution in [2.75, 3.05) is 26.4 Å². The van der Waals surface area contributed by atoms with Crippen LogP contribution in [-0.2, 0) is 9.47 Å². The van der Waals surface area contributed by atoms with Crippen LogP contribution < -0.4 is 11.5 Å². The van der Waals surface area contributed by atoms with Crippen LogP contribution in [0, 0.1) is 0 Å². The molecule has 8 heteroatoms. The second-order valence-electron chi connectivity index (χ2n) is 2.66. The Kier molecular flexibility index (Phi) is 25.1. The zero-order valence-electron chi connectivity index (χ0n) is 10.9. The summed E-state index contributed by atoms with van der Waals surface area (Å²) >= 11 is 0. The van der Waals surface area contributed by atoms with E-state index in [0.717, 1.165) is 12.8 Å². The molecule has 0 rings (SSSR count). The zero-order chi connectivity index (χ0) is 14.8. The van der Waals surface area contributed by atoms with Crippen LogP contribution in [0.3, 0.4) is 0 Å². The molecule has 0 radical (unpaired) electrons. The van der Waals surface area contributed by atoms with Gasteiger partial charge in [-0.2, -0.15) is 0 Å². The molecule has 0 aliphatic carbocycles. The van der Waals surface area contributed by atoms with Crippen LogP contribution in [0.1, 0.15) is 26.7 Å². The first-order chi connectivity index (χ1) is 8.45. The highest BCUT2D eigenvalue weighted by molar-refractivity contribution is 5.64. The molecule has 0 fully saturated rings. The van der Waals surface area contributed by atoms with E-state index in [-0.39, 0.29) is 13.2 Å². The summed E-state index contributed by atoms with van der Waals surface area (Å²) in [4.78, 5) is 19.2. The second-order valence-corrected chi connectivity index (χ2v) is 2.66. The molecular formula is C10H24N2O6. The Labute approximate surface area is 107 Å². The minimum absolute atomic E-state index is 0.195. The first kappa shape index (κ1) is 21.7. The van der Waals surface area contributed by atoms with Gasteiger partial charge in [0.1, 0.15) is 0 Å². The van der Waals surface area contributed by atoms with Gasteiger partial charge in [-0.15, -0.1) is 0 Å². The lowest BCUT2D eigenvalue weighted by molar-refractivity contribution is 0.162. The minimum atomic E-state index is -0.711. The van der Waals surface area contributed by atoms with E-state index in [1.165, 1.54) is 0 Å². The molecule has 6 N–H and O–H groups in total. The highest BCUT2D eigenvalue weighted by atomic mass is 16.5. The van der Waals surface area contributed by atoms with Crippen molar-refractivity contribution in [3.63, 3.8) is 0 Å². The number of primary amides is 2. The second kappa shape index (κ2) is 20.8. The van der Waals surface area contributed by atoms with Crippen molar-refractivity contribution in [1.82, 2.24) is 0 Å². The Hall–Kier alpha value is -1.54. The van der Waals surface area contributed by atoms with E-state index in [1.54, 1.807) is 13.8 Å². The van der Waals surface area contributed by atoms with Gasteiger partial charge in [0.05, 0.1) is 13.2 Å². The van der Waals surface area contributed by atoms with Crippen LogP contribution in [-0.4, -0.2) is 48.8 Å². The smallest absolute Gasteiger partial charge is 0.404 e. The van der Waals surface area contributed by atoms with Crippen LogP contribution in [0.25, 0.3) is 0 Å². The summed E-state index contributed by atoms with van der Waals surface area (Å²) in [6, 6.07) is 0. The maximum Gasteiger partial charge on any atom is 0.404 e. The molecule has 0 spiro atoms. The summed E-state index contributed by atoms with van der Waals surface area (Å²) in [5.41, 5.74) is 9.08. The standard InChI is InChI=1S/C4H10O2.2C3H7NO2/c5-3-1-2-4-6;2*1-2-6-3(4)5/h5-6H,1-4H2;2*2H2,1H3,(H2,4,5). The Morgan fingerprint density at radius 3 is 1.22 bits per heavy atom. The Bertz CT molecular complexity index is 169. The number of rotatable bonds is 5. The van der Waals surface area contributed by atoms with Crippen molar-refractivity contribution in [1.29, 1.82) is 0 Å². The third-order valence-electron chi connectivity index (χ3n) is 1.14. The molecule has 0 bridgehead atoms. The first-order valence-corrected chi connectivity index (χ1v) is 5.52. The fraction of sp³-hybridized carbons (Fsp3) is 0.800. The van der Waals surface area contributed by atoms with Crippen LogP contribution in [0.2, 0.25) is 0 Å². The number of unbranched alkanes of at least 4 members (excludes halogenated alkanes) is 1. The van der Waals surface area contributed by atoms with E-state index in [9.17, 15) is 9.59 Å². The van der Waals surface area contributed by atoms with Crippen LogP contribution in [0.4, 0.5) is 9.59 Å². The SMILES string of the molecule is CCOC(N)=O.CCOC(N)=O.OCCCCO. The van der Waals surface area contributed by atoms with Gasteiger partial charge >= 0.3 is 12.2 Å². The maximum absolute atomic E-state index is 9.60. The monoisotopic (exact) mass is 268 g/mol. The topological polar surface area (TPSA) is 145 Å². The molecule has 0 unspecified atom stereocenters. The lowest BCUT2D eigenvalue weighted by Crippen LogP contribution is -2.11. The molecule has 2 amide bonds. The van der Waals surface area contributed by atoms with Crippen LogP contribution in [0.15, 0.2) is 0 Å². The Morgan fingerprint density at radius 2 is 1.17 bits per heavy atom. The highest BCUT2D eigenvalue weighted by Crippen LogP contribution is 1.80. The number of nitrogens with two attached hydrogens (primary N) is 2. The van der Waals surface area contributed by atoms with E-state index in [2.05, 4.69) is 20.9 Å². The third-order valence-corrected chi connectivity index (χ3v) is 1.14. The lowest BCUT2D eigenvalue weighted by atomic mass is 10.3. The van der Waals surface area contributed by atoms with Gasteiger partial charge in [0.25, 0.3) is 0 Å². The van der Waals surface area contributed by atoms with Crippen molar-refractivity contribution in [3.05, 3.63) is 0 Å². The number of aliphatic hydroxyl groups is 2. The molecular weight excluding hydrogens is 244 g/mol. The summed E-state index contributed by atoms with van der Waals surface area (Å²) in [7, 11) is 0. The molecule has 18 heavy (non-hydrogen) atoms. The predicted octanol–water partition coefficient (Wildman–Crippen LogP) is -0.0456. The molecule has 0 aromatic rings. The average Bonchev–Trinajstić information content (AvgIpc) is 2.27. The number of carbonyl (C=O) groups is 2. The van der Waals surface area contributed by atoms with Gasteiger partial charge in [-0.3, -0.25) is 0 Å². The molecule has 0 atom stereocenters. The van der Waals surface area contributed by atoms with E-state index >= 15 is 0 Å². The van der Waals surface area contributed by atoms with Crippen LogP contribution >= 0.6 is 0 Å². The third kappa shape index (κ3) is 47.1. The summed E-state index contributed by atoms with van der Waals surface area (Å²) < 4.78 is 8.36. The van der Waals surface area contributed by atoms with Crippen molar-refractivity contribution < 1.29 is 29.3 Å². The number of ether oxygens (including phenoxy) is 2. The van der Waals surface area contributed by atoms with Crippen molar-refractivity contribution in [2.45, 2.75) is 26.7 Å². The van der Waals surface area contributed by atoms with Crippen molar-refractivity contribution in [2.24, 2.45) is 11.5 Å². The molecule has 0 aliphatic rings. The summed E-state index contributed by atoms with van der Waals surface area (Å²) in [6.07, 6.45) is 0.0162. The van der Waals surface area contributed by atoms with Gasteiger partial charge in [0, 0.05) is 13.2 Å². The first-order valence-electron chi connectivity index (χ1n) is 5.52. The molecule has 0 heterocycles. The minimum Gasteiger partial charge on any atom is -0.450 e. The Morgan fingerprint density at radius 1 is 0.889 bits per heavy atom. The highest BCUT2D eigenvalue weighted by Gasteiger charge is 1.83. The molecule has 0 aliphatic heterocycles. The lowest BCUT2D eigenvalue weighted by Gasteiger charge is -1.89. The van der Waals surface area contributed by atoms with Gasteiger partial charge in [-0.25, -0.2) is 9.59 Å². The molecule has 8 nitrogen and oxygen atoms in total. The molecule has 0 aromatic carbocycles. The maximum atomic E-state index is 9.60. The van der Waals surface area contributed by atoms with Gasteiger partial charge in [-0.1, -0.05) is 0 Å². The van der Waals surface area contributed by atoms with Crippen LogP contribution in [0.5, 0.6) is 0 Å². The van der Waals surface area contributed by atoms with E-state index in [1.807, 2.05) is 0 Å². The summed E-state index contributed by atoms with van der Waals surface area (Å²) in [5.74, 6) is 0. The number of aliphatic hydroxyl groups excluding tert-OH is 2.